The fraction of sp³-hybridized carbons (Fsp3) is 0.774. The Balaban J connectivity index is 1.53. The molecule has 4 rings (SSSR count). The molecule has 4 aliphatic rings. The summed E-state index contributed by atoms with van der Waals surface area (Å²) < 4.78 is 5.60. The molecule has 0 unspecified atom stereocenters. The highest BCUT2D eigenvalue weighted by Gasteiger charge is 2.56. The van der Waals surface area contributed by atoms with E-state index < -0.39 is 0 Å². The number of hydrogen-bond acceptors (Lipinski definition) is 2. The summed E-state index contributed by atoms with van der Waals surface area (Å²) in [6.45, 7) is 16.2. The lowest BCUT2D eigenvalue weighted by Gasteiger charge is -2.55. The number of allylic oxidation sites excluding steroid dienone is 5. The lowest BCUT2D eigenvalue weighted by molar-refractivity contribution is -0.148. The van der Waals surface area contributed by atoms with Crippen LogP contribution in [0.2, 0.25) is 0 Å². The molecule has 3 fully saturated rings. The minimum Gasteiger partial charge on any atom is -0.462 e. The summed E-state index contributed by atoms with van der Waals surface area (Å²) in [4.78, 5) is 11.5. The van der Waals surface area contributed by atoms with E-state index in [1.54, 1.807) is 12.5 Å². The number of carbonyl (C=O) groups excluding carboxylic acids is 1. The van der Waals surface area contributed by atoms with Gasteiger partial charge in [-0.2, -0.15) is 0 Å². The van der Waals surface area contributed by atoms with Crippen LogP contribution in [-0.4, -0.2) is 12.1 Å². The summed E-state index contributed by atoms with van der Waals surface area (Å²) >= 11 is 0. The van der Waals surface area contributed by atoms with Gasteiger partial charge in [-0.25, -0.2) is 0 Å². The third kappa shape index (κ3) is 4.41. The molecule has 0 aromatic carbocycles. The zero-order valence-corrected chi connectivity index (χ0v) is 22.3. The van der Waals surface area contributed by atoms with E-state index >= 15 is 0 Å². The van der Waals surface area contributed by atoms with Crippen LogP contribution in [0.25, 0.3) is 0 Å². The molecule has 0 aromatic heterocycles. The molecule has 0 spiro atoms. The average molecular weight is 453 g/mol. The molecule has 4 aliphatic carbocycles. The zero-order chi connectivity index (χ0) is 24.0. The van der Waals surface area contributed by atoms with Crippen LogP contribution in [0.1, 0.15) is 99.8 Å². The van der Waals surface area contributed by atoms with Crippen molar-refractivity contribution >= 4 is 5.97 Å². The number of rotatable bonds is 6. The van der Waals surface area contributed by atoms with Gasteiger partial charge in [0.2, 0.25) is 0 Å². The molecule has 184 valence electrons. The fourth-order valence-electron chi connectivity index (χ4n) is 8.49. The van der Waals surface area contributed by atoms with Gasteiger partial charge in [0.1, 0.15) is 6.10 Å². The monoisotopic (exact) mass is 452 g/mol. The van der Waals surface area contributed by atoms with Gasteiger partial charge in [-0.3, -0.25) is 4.79 Å². The minimum atomic E-state index is -0.136. The highest BCUT2D eigenvalue weighted by molar-refractivity contribution is 5.66. The normalized spacial score (nSPS) is 39.9. The van der Waals surface area contributed by atoms with Crippen molar-refractivity contribution in [3.8, 4) is 0 Å². The predicted octanol–water partition coefficient (Wildman–Crippen LogP) is 8.29. The third-order valence-corrected chi connectivity index (χ3v) is 10.6. The largest absolute Gasteiger partial charge is 0.462 e. The standard InChI is InChI=1S/C31H48O2/c1-8-23(20(2)3)10-9-21(4)27-13-14-28-26-12-11-24-19-25(33-22(5)32)15-17-30(24,6)29(26)16-18-31(27,28)7/h9-12,20-21,23,25,27-29H,8,13-19H2,1-7H3/b10-9+/t21-,23+,25+,27-,28+,29+,30-,31-/m0/s1. The lowest BCUT2D eigenvalue weighted by Crippen LogP contribution is -2.46. The van der Waals surface area contributed by atoms with E-state index in [2.05, 4.69) is 65.8 Å². The summed E-state index contributed by atoms with van der Waals surface area (Å²) in [5.74, 6) is 4.18. The van der Waals surface area contributed by atoms with E-state index in [0.29, 0.717) is 23.2 Å². The van der Waals surface area contributed by atoms with Crippen molar-refractivity contribution < 1.29 is 9.53 Å². The smallest absolute Gasteiger partial charge is 0.302 e. The quantitative estimate of drug-likeness (QED) is 0.299. The summed E-state index contributed by atoms with van der Waals surface area (Å²) in [5, 5.41) is 0. The third-order valence-electron chi connectivity index (χ3n) is 10.6. The zero-order valence-electron chi connectivity index (χ0n) is 22.3. The van der Waals surface area contributed by atoms with E-state index in [4.69, 9.17) is 4.74 Å². The Hall–Kier alpha value is -1.31. The Kier molecular flexibility index (Phi) is 7.05. The fourth-order valence-corrected chi connectivity index (χ4v) is 8.49. The van der Waals surface area contributed by atoms with Gasteiger partial charge in [0.05, 0.1) is 0 Å². The summed E-state index contributed by atoms with van der Waals surface area (Å²) in [7, 11) is 0. The Morgan fingerprint density at radius 3 is 2.48 bits per heavy atom. The van der Waals surface area contributed by atoms with E-state index in [-0.39, 0.29) is 17.5 Å². The van der Waals surface area contributed by atoms with E-state index in [1.807, 2.05) is 0 Å². The molecule has 0 aliphatic heterocycles. The molecule has 0 bridgehead atoms. The second-order valence-corrected chi connectivity index (χ2v) is 12.6. The molecule has 2 nitrogen and oxygen atoms in total. The first-order valence-electron chi connectivity index (χ1n) is 13.9. The van der Waals surface area contributed by atoms with Crippen LogP contribution in [0, 0.1) is 46.3 Å². The average Bonchev–Trinajstić information content (AvgIpc) is 3.11. The second kappa shape index (κ2) is 9.38. The van der Waals surface area contributed by atoms with Gasteiger partial charge in [0, 0.05) is 13.3 Å². The van der Waals surface area contributed by atoms with Crippen LogP contribution in [0.3, 0.4) is 0 Å². The second-order valence-electron chi connectivity index (χ2n) is 12.6. The van der Waals surface area contributed by atoms with Gasteiger partial charge in [0.25, 0.3) is 0 Å². The Morgan fingerprint density at radius 1 is 1.06 bits per heavy atom. The van der Waals surface area contributed by atoms with Crippen LogP contribution in [0.15, 0.2) is 35.5 Å². The van der Waals surface area contributed by atoms with Crippen LogP contribution in [0.4, 0.5) is 0 Å². The van der Waals surface area contributed by atoms with Crippen molar-refractivity contribution in [3.05, 3.63) is 35.5 Å². The maximum Gasteiger partial charge on any atom is 0.302 e. The molecule has 0 radical (unpaired) electrons. The molecule has 3 saturated carbocycles. The maximum atomic E-state index is 11.5. The highest BCUT2D eigenvalue weighted by Crippen LogP contribution is 2.66. The first-order valence-corrected chi connectivity index (χ1v) is 13.9. The van der Waals surface area contributed by atoms with Crippen LogP contribution >= 0.6 is 0 Å². The van der Waals surface area contributed by atoms with Crippen LogP contribution in [-0.2, 0) is 9.53 Å². The Bertz CT molecular complexity index is 832. The van der Waals surface area contributed by atoms with E-state index in [0.717, 1.165) is 37.0 Å². The first kappa shape index (κ1) is 24.8. The van der Waals surface area contributed by atoms with Gasteiger partial charge in [-0.1, -0.05) is 77.0 Å². The van der Waals surface area contributed by atoms with Crippen LogP contribution < -0.4 is 0 Å². The Labute approximate surface area is 203 Å². The van der Waals surface area contributed by atoms with Gasteiger partial charge < -0.3 is 4.74 Å². The molecule has 0 saturated heterocycles. The first-order chi connectivity index (χ1) is 15.6. The predicted molar refractivity (Wildman–Crippen MR) is 138 cm³/mol. The van der Waals surface area contributed by atoms with Crippen LogP contribution in [0.5, 0.6) is 0 Å². The van der Waals surface area contributed by atoms with Gasteiger partial charge in [-0.15, -0.1) is 0 Å². The molecule has 0 heterocycles. The molecule has 2 heteroatoms. The molecular formula is C31H48O2. The number of carbonyl (C=O) groups is 1. The summed E-state index contributed by atoms with van der Waals surface area (Å²) in [6.07, 6.45) is 19.9. The number of esters is 1. The van der Waals surface area contributed by atoms with Crippen molar-refractivity contribution in [2.24, 2.45) is 46.3 Å². The number of hydrogen-bond donors (Lipinski definition) is 0. The summed E-state index contributed by atoms with van der Waals surface area (Å²) in [6, 6.07) is 0. The topological polar surface area (TPSA) is 26.3 Å². The van der Waals surface area contributed by atoms with E-state index in [9.17, 15) is 4.79 Å². The minimum absolute atomic E-state index is 0.0758. The SMILES string of the molecule is CC[C@H](/C=C/[C@H](C)[C@@H]1CC[C@@H]2C3=CC=C4C[C@H](OC(C)=O)CC[C@]4(C)[C@@H]3CC[C@]21C)C(C)C. The highest BCUT2D eigenvalue weighted by atomic mass is 16.5. The van der Waals surface area contributed by atoms with Crippen molar-refractivity contribution in [2.45, 2.75) is 106 Å². The molecular weight excluding hydrogens is 404 g/mol. The summed E-state index contributed by atoms with van der Waals surface area (Å²) in [5.41, 5.74) is 3.98. The van der Waals surface area contributed by atoms with Crippen molar-refractivity contribution in [1.29, 1.82) is 0 Å². The van der Waals surface area contributed by atoms with E-state index in [1.165, 1.54) is 37.7 Å². The van der Waals surface area contributed by atoms with Gasteiger partial charge in [-0.05, 0) is 91.3 Å². The number of ether oxygens (including phenoxy) is 1. The lowest BCUT2D eigenvalue weighted by atomic mass is 9.50. The maximum absolute atomic E-state index is 11.5. The molecule has 0 aromatic rings. The molecule has 8 atom stereocenters. The number of fused-ring (bicyclic) bond motifs is 5. The van der Waals surface area contributed by atoms with Crippen molar-refractivity contribution in [2.75, 3.05) is 0 Å². The molecule has 0 N–H and O–H groups in total. The van der Waals surface area contributed by atoms with Crippen molar-refractivity contribution in [1.82, 2.24) is 0 Å². The molecule has 0 amide bonds. The van der Waals surface area contributed by atoms with Gasteiger partial charge in [0.15, 0.2) is 0 Å². The van der Waals surface area contributed by atoms with Crippen molar-refractivity contribution in [3.63, 3.8) is 0 Å². The van der Waals surface area contributed by atoms with Gasteiger partial charge >= 0.3 is 5.97 Å². The molecule has 33 heavy (non-hydrogen) atoms. The Morgan fingerprint density at radius 2 is 1.82 bits per heavy atom.